The van der Waals surface area contributed by atoms with Crippen LogP contribution in [-0.4, -0.2) is 4.75 Å². The lowest BCUT2D eigenvalue weighted by Gasteiger charge is -2.32. The van der Waals surface area contributed by atoms with Gasteiger partial charge in [0.25, 0.3) is 0 Å². The molecule has 3 heteroatoms. The summed E-state index contributed by atoms with van der Waals surface area (Å²) in [6, 6.07) is 0. The van der Waals surface area contributed by atoms with Gasteiger partial charge in [0.05, 0.1) is 0 Å². The fourth-order valence-corrected chi connectivity index (χ4v) is 2.15. The highest BCUT2D eigenvalue weighted by atomic mass is 32.2. The molecule has 0 aliphatic heterocycles. The SMILES string of the molecule is CC.CC1CCC(C)(SN=O)CC1. The predicted octanol–water partition coefficient (Wildman–Crippen LogP) is 4.40. The largest absolute Gasteiger partial charge is 0.137 e. The molecule has 1 fully saturated rings. The molecule has 0 heterocycles. The van der Waals surface area contributed by atoms with Crippen molar-refractivity contribution in [2.24, 2.45) is 10.5 Å². The molecule has 0 N–H and O–H groups in total. The third-order valence-corrected chi connectivity index (χ3v) is 3.51. The topological polar surface area (TPSA) is 29.4 Å². The van der Waals surface area contributed by atoms with Gasteiger partial charge in [-0.05, 0) is 38.5 Å². The van der Waals surface area contributed by atoms with Crippen LogP contribution >= 0.6 is 11.9 Å². The van der Waals surface area contributed by atoms with Crippen LogP contribution in [0.5, 0.6) is 0 Å². The van der Waals surface area contributed by atoms with Crippen molar-refractivity contribution in [2.75, 3.05) is 0 Å². The Balaban J connectivity index is 0.000000671. The van der Waals surface area contributed by atoms with Crippen LogP contribution in [0.25, 0.3) is 0 Å². The Hall–Kier alpha value is -0.0500. The number of hydrogen-bond donors (Lipinski definition) is 0. The number of hydrogen-bond acceptors (Lipinski definition) is 3. The summed E-state index contributed by atoms with van der Waals surface area (Å²) in [5, 5.41) is 0. The second-order valence-corrected chi connectivity index (χ2v) is 5.12. The smallest absolute Gasteiger partial charge is 0.0384 e. The van der Waals surface area contributed by atoms with E-state index in [1.165, 1.54) is 24.8 Å². The minimum Gasteiger partial charge on any atom is -0.137 e. The zero-order valence-electron chi connectivity index (χ0n) is 9.17. The van der Waals surface area contributed by atoms with Crippen molar-refractivity contribution in [3.8, 4) is 0 Å². The number of nitroso groups, excluding NO2 is 1. The summed E-state index contributed by atoms with van der Waals surface area (Å²) in [4.78, 5) is 10.1. The van der Waals surface area contributed by atoms with E-state index in [9.17, 15) is 4.91 Å². The summed E-state index contributed by atoms with van der Waals surface area (Å²) in [6.45, 7) is 8.42. The van der Waals surface area contributed by atoms with Crippen LogP contribution in [0.3, 0.4) is 0 Å². The molecule has 1 aliphatic rings. The van der Waals surface area contributed by atoms with E-state index in [4.69, 9.17) is 0 Å². The molecule has 1 rings (SSSR count). The second kappa shape index (κ2) is 6.41. The van der Waals surface area contributed by atoms with E-state index < -0.39 is 0 Å². The van der Waals surface area contributed by atoms with E-state index in [-0.39, 0.29) is 4.75 Å². The lowest BCUT2D eigenvalue weighted by molar-refractivity contribution is 0.334. The van der Waals surface area contributed by atoms with Crippen molar-refractivity contribution in [3.05, 3.63) is 4.91 Å². The molecule has 0 aromatic heterocycles. The molecular weight excluding hydrogens is 182 g/mol. The van der Waals surface area contributed by atoms with E-state index in [1.807, 2.05) is 13.8 Å². The number of nitrogens with zero attached hydrogens (tertiary/aromatic N) is 1. The van der Waals surface area contributed by atoms with Crippen LogP contribution in [-0.2, 0) is 0 Å². The van der Waals surface area contributed by atoms with Crippen molar-refractivity contribution < 1.29 is 0 Å². The standard InChI is InChI=1S/C8H15NOS.C2H6/c1-7-3-5-8(2,6-4-7)11-9-10;1-2/h7H,3-6H2,1-2H3;1-2H3. The molecule has 0 spiro atoms. The van der Waals surface area contributed by atoms with Gasteiger partial charge in [0, 0.05) is 21.3 Å². The van der Waals surface area contributed by atoms with Crippen LogP contribution in [0.15, 0.2) is 4.58 Å². The molecule has 1 aliphatic carbocycles. The Morgan fingerprint density at radius 2 is 1.77 bits per heavy atom. The molecule has 0 radical (unpaired) electrons. The van der Waals surface area contributed by atoms with Gasteiger partial charge in [0.15, 0.2) is 0 Å². The normalized spacial score (nSPS) is 33.1. The maximum atomic E-state index is 10.1. The minimum atomic E-state index is 0.147. The van der Waals surface area contributed by atoms with Crippen LogP contribution in [0.2, 0.25) is 0 Å². The van der Waals surface area contributed by atoms with Gasteiger partial charge in [-0.3, -0.25) is 0 Å². The van der Waals surface area contributed by atoms with E-state index >= 15 is 0 Å². The molecule has 0 amide bonds. The number of rotatable bonds is 2. The summed E-state index contributed by atoms with van der Waals surface area (Å²) in [7, 11) is 0. The molecule has 0 atom stereocenters. The Morgan fingerprint density at radius 1 is 1.31 bits per heavy atom. The minimum absolute atomic E-state index is 0.147. The van der Waals surface area contributed by atoms with Gasteiger partial charge in [0.1, 0.15) is 0 Å². The highest BCUT2D eigenvalue weighted by molar-refractivity contribution is 7.99. The zero-order valence-corrected chi connectivity index (χ0v) is 9.99. The molecule has 0 aromatic rings. The van der Waals surface area contributed by atoms with Crippen molar-refractivity contribution in [3.63, 3.8) is 0 Å². The fourth-order valence-electron chi connectivity index (χ4n) is 1.55. The molecule has 0 aromatic carbocycles. The highest BCUT2D eigenvalue weighted by Gasteiger charge is 2.30. The van der Waals surface area contributed by atoms with Gasteiger partial charge in [-0.1, -0.05) is 20.8 Å². The first-order valence-corrected chi connectivity index (χ1v) is 5.94. The Morgan fingerprint density at radius 3 is 2.15 bits per heavy atom. The third kappa shape index (κ3) is 4.65. The van der Waals surface area contributed by atoms with Gasteiger partial charge >= 0.3 is 0 Å². The molecule has 0 saturated heterocycles. The molecule has 0 bridgehead atoms. The van der Waals surface area contributed by atoms with Crippen molar-refractivity contribution in [1.82, 2.24) is 0 Å². The van der Waals surface area contributed by atoms with Crippen LogP contribution in [0, 0.1) is 10.8 Å². The van der Waals surface area contributed by atoms with Gasteiger partial charge in [0.2, 0.25) is 0 Å². The van der Waals surface area contributed by atoms with Crippen LogP contribution < -0.4 is 0 Å². The Kier molecular flexibility index (Phi) is 6.39. The molecule has 78 valence electrons. The average Bonchev–Trinajstić information content (AvgIpc) is 2.15. The van der Waals surface area contributed by atoms with E-state index in [0.29, 0.717) is 0 Å². The quantitative estimate of drug-likeness (QED) is 0.492. The Labute approximate surface area is 86.0 Å². The summed E-state index contributed by atoms with van der Waals surface area (Å²) in [5.41, 5.74) is 0. The maximum absolute atomic E-state index is 10.1. The molecular formula is C10H21NOS. The fraction of sp³-hybridized carbons (Fsp3) is 1.00. The predicted molar refractivity (Wildman–Crippen MR) is 60.8 cm³/mol. The van der Waals surface area contributed by atoms with E-state index in [0.717, 1.165) is 18.8 Å². The Bertz CT molecular complexity index is 142. The molecule has 1 saturated carbocycles. The maximum Gasteiger partial charge on any atom is 0.0384 e. The first-order chi connectivity index (χ1) is 6.16. The van der Waals surface area contributed by atoms with Gasteiger partial charge < -0.3 is 0 Å². The lowest BCUT2D eigenvalue weighted by Crippen LogP contribution is -2.25. The van der Waals surface area contributed by atoms with Crippen LogP contribution in [0.4, 0.5) is 0 Å². The van der Waals surface area contributed by atoms with Crippen LogP contribution in [0.1, 0.15) is 53.4 Å². The summed E-state index contributed by atoms with van der Waals surface area (Å²) in [6.07, 6.45) is 4.78. The van der Waals surface area contributed by atoms with Crippen molar-refractivity contribution in [1.29, 1.82) is 0 Å². The summed E-state index contributed by atoms with van der Waals surface area (Å²) < 4.78 is 3.07. The average molecular weight is 203 g/mol. The first-order valence-electron chi connectivity index (χ1n) is 5.17. The molecule has 0 unspecified atom stereocenters. The monoisotopic (exact) mass is 203 g/mol. The summed E-state index contributed by atoms with van der Waals surface area (Å²) >= 11 is 1.23. The third-order valence-electron chi connectivity index (χ3n) is 2.59. The zero-order chi connectivity index (χ0) is 10.3. The van der Waals surface area contributed by atoms with E-state index in [1.54, 1.807) is 0 Å². The lowest BCUT2D eigenvalue weighted by atomic mass is 9.83. The van der Waals surface area contributed by atoms with E-state index in [2.05, 4.69) is 18.4 Å². The first kappa shape index (κ1) is 12.9. The molecule has 2 nitrogen and oxygen atoms in total. The summed E-state index contributed by atoms with van der Waals surface area (Å²) in [5.74, 6) is 0.843. The second-order valence-electron chi connectivity index (χ2n) is 3.80. The van der Waals surface area contributed by atoms with Crippen molar-refractivity contribution >= 4 is 11.9 Å². The molecule has 13 heavy (non-hydrogen) atoms. The van der Waals surface area contributed by atoms with Crippen molar-refractivity contribution in [2.45, 2.75) is 58.1 Å². The van der Waals surface area contributed by atoms with Gasteiger partial charge in [-0.2, -0.15) is 0 Å². The highest BCUT2D eigenvalue weighted by Crippen LogP contribution is 2.41. The van der Waals surface area contributed by atoms with Gasteiger partial charge in [-0.25, -0.2) is 0 Å². The van der Waals surface area contributed by atoms with Gasteiger partial charge in [-0.15, -0.1) is 4.91 Å².